The van der Waals surface area contributed by atoms with Gasteiger partial charge < -0.3 is 14.2 Å². The number of amides is 1. The summed E-state index contributed by atoms with van der Waals surface area (Å²) in [5, 5.41) is 1.31. The average molecular weight is 447 g/mol. The predicted molar refractivity (Wildman–Crippen MR) is 117 cm³/mol. The van der Waals surface area contributed by atoms with Crippen molar-refractivity contribution in [1.82, 2.24) is 9.47 Å². The van der Waals surface area contributed by atoms with E-state index in [1.165, 1.54) is 36.6 Å². The third-order valence-electron chi connectivity index (χ3n) is 6.57. The van der Waals surface area contributed by atoms with Crippen molar-refractivity contribution in [2.45, 2.75) is 70.9 Å². The third kappa shape index (κ3) is 4.10. The molecule has 2 heterocycles. The summed E-state index contributed by atoms with van der Waals surface area (Å²) < 4.78 is 9.16. The second-order valence-corrected chi connectivity index (χ2v) is 10.5. The first-order chi connectivity index (χ1) is 13.2. The summed E-state index contributed by atoms with van der Waals surface area (Å²) in [4.78, 5) is 14.2. The van der Waals surface area contributed by atoms with Gasteiger partial charge in [-0.1, -0.05) is 15.9 Å². The van der Waals surface area contributed by atoms with Gasteiger partial charge in [0.2, 0.25) is 0 Å². The first-order valence-corrected chi connectivity index (χ1v) is 11.3. The zero-order valence-corrected chi connectivity index (χ0v) is 18.8. The number of carbonyl (C=O) groups excluding carboxylic acids is 1. The number of rotatable bonds is 1. The monoisotopic (exact) mass is 446 g/mol. The lowest BCUT2D eigenvalue weighted by molar-refractivity contribution is 0.00199. The van der Waals surface area contributed by atoms with Gasteiger partial charge in [0.25, 0.3) is 0 Å². The summed E-state index contributed by atoms with van der Waals surface area (Å²) in [7, 11) is 0. The van der Waals surface area contributed by atoms with Gasteiger partial charge in [-0.05, 0) is 89.0 Å². The Morgan fingerprint density at radius 2 is 1.79 bits per heavy atom. The molecule has 1 aromatic heterocycles. The number of fused-ring (bicyclic) bond motifs is 1. The number of hydrogen-bond donors (Lipinski definition) is 0. The molecule has 1 spiro atoms. The summed E-state index contributed by atoms with van der Waals surface area (Å²) in [6.07, 6.45) is 9.30. The van der Waals surface area contributed by atoms with E-state index in [9.17, 15) is 4.79 Å². The third-order valence-corrected chi connectivity index (χ3v) is 7.06. The molecule has 0 bridgehead atoms. The Morgan fingerprint density at radius 3 is 2.43 bits per heavy atom. The smallest absolute Gasteiger partial charge is 0.410 e. The van der Waals surface area contributed by atoms with Crippen LogP contribution >= 0.6 is 15.9 Å². The molecular formula is C23H31BrN2O2. The normalized spacial score (nSPS) is 20.6. The Kier molecular flexibility index (Phi) is 5.24. The van der Waals surface area contributed by atoms with Crippen LogP contribution in [0, 0.1) is 5.41 Å². The number of likely N-dealkylation sites (tertiary alicyclic amines) is 1. The maximum absolute atomic E-state index is 12.3. The van der Waals surface area contributed by atoms with Crippen molar-refractivity contribution >= 4 is 32.9 Å². The molecule has 1 aliphatic heterocycles. The van der Waals surface area contributed by atoms with E-state index in [1.807, 2.05) is 25.7 Å². The molecule has 1 aromatic carbocycles. The average Bonchev–Trinajstić information content (AvgIpc) is 3.04. The Labute approximate surface area is 176 Å². The van der Waals surface area contributed by atoms with E-state index in [4.69, 9.17) is 4.74 Å². The fraction of sp³-hybridized carbons (Fsp3) is 0.609. The van der Waals surface area contributed by atoms with Crippen LogP contribution in [-0.4, -0.2) is 34.3 Å². The highest BCUT2D eigenvalue weighted by atomic mass is 79.9. The van der Waals surface area contributed by atoms with E-state index in [0.29, 0.717) is 11.5 Å². The van der Waals surface area contributed by atoms with Gasteiger partial charge in [0.05, 0.1) is 0 Å². The van der Waals surface area contributed by atoms with Gasteiger partial charge in [-0.15, -0.1) is 0 Å². The topological polar surface area (TPSA) is 34.5 Å². The maximum Gasteiger partial charge on any atom is 0.410 e. The van der Waals surface area contributed by atoms with Gasteiger partial charge in [-0.3, -0.25) is 0 Å². The maximum atomic E-state index is 12.3. The molecule has 5 heteroatoms. The number of halogens is 1. The van der Waals surface area contributed by atoms with E-state index >= 15 is 0 Å². The largest absolute Gasteiger partial charge is 0.444 e. The van der Waals surface area contributed by atoms with E-state index in [0.717, 1.165) is 30.4 Å². The predicted octanol–water partition coefficient (Wildman–Crippen LogP) is 6.54. The number of carbonyl (C=O) groups is 1. The van der Waals surface area contributed by atoms with Gasteiger partial charge in [0.1, 0.15) is 5.60 Å². The summed E-state index contributed by atoms with van der Waals surface area (Å²) >= 11 is 3.57. The quantitative estimate of drug-likeness (QED) is 0.498. The minimum Gasteiger partial charge on any atom is -0.444 e. The number of ether oxygens (including phenoxy) is 1. The van der Waals surface area contributed by atoms with Gasteiger partial charge in [0, 0.05) is 40.7 Å². The van der Waals surface area contributed by atoms with Crippen LogP contribution in [0.5, 0.6) is 0 Å². The van der Waals surface area contributed by atoms with Crippen LogP contribution in [0.4, 0.5) is 4.79 Å². The first-order valence-electron chi connectivity index (χ1n) is 10.5. The van der Waals surface area contributed by atoms with E-state index < -0.39 is 5.60 Å². The highest BCUT2D eigenvalue weighted by Gasteiger charge is 2.40. The van der Waals surface area contributed by atoms with E-state index in [1.54, 1.807) is 0 Å². The van der Waals surface area contributed by atoms with Crippen molar-refractivity contribution in [3.8, 4) is 0 Å². The molecule has 4 nitrogen and oxygen atoms in total. The second-order valence-electron chi connectivity index (χ2n) is 9.62. The molecule has 1 aliphatic carbocycles. The van der Waals surface area contributed by atoms with E-state index in [-0.39, 0.29) is 6.09 Å². The van der Waals surface area contributed by atoms with Crippen molar-refractivity contribution in [1.29, 1.82) is 0 Å². The zero-order chi connectivity index (χ0) is 19.9. The number of benzene rings is 1. The Bertz CT molecular complexity index is 849. The SMILES string of the molecule is CC(C)(C)OC(=O)N1CCC2(CCC(n3ccc4cc(Br)ccc43)CC2)CC1. The van der Waals surface area contributed by atoms with Gasteiger partial charge in [-0.25, -0.2) is 4.79 Å². The van der Waals surface area contributed by atoms with Gasteiger partial charge in [-0.2, -0.15) is 0 Å². The summed E-state index contributed by atoms with van der Waals surface area (Å²) in [6, 6.07) is 9.37. The highest BCUT2D eigenvalue weighted by molar-refractivity contribution is 9.10. The fourth-order valence-electron chi connectivity index (χ4n) is 4.94. The minimum atomic E-state index is -0.417. The molecule has 1 saturated carbocycles. The fourth-order valence-corrected chi connectivity index (χ4v) is 5.32. The second kappa shape index (κ2) is 7.40. The summed E-state index contributed by atoms with van der Waals surface area (Å²) in [6.45, 7) is 7.46. The highest BCUT2D eigenvalue weighted by Crippen LogP contribution is 2.48. The molecule has 28 heavy (non-hydrogen) atoms. The van der Waals surface area contributed by atoms with Crippen LogP contribution in [0.1, 0.15) is 65.3 Å². The van der Waals surface area contributed by atoms with Crippen LogP contribution in [0.25, 0.3) is 10.9 Å². The lowest BCUT2D eigenvalue weighted by atomic mass is 9.67. The number of nitrogens with zero attached hydrogens (tertiary/aromatic N) is 2. The standard InChI is InChI=1S/C23H31BrN2O2/c1-22(2,3)28-21(27)25-14-11-23(12-15-25)9-6-19(7-10-23)26-13-8-17-16-18(24)4-5-20(17)26/h4-5,8,13,16,19H,6-7,9-12,14-15H2,1-3H3. The Morgan fingerprint density at radius 1 is 1.11 bits per heavy atom. The lowest BCUT2D eigenvalue weighted by Gasteiger charge is -2.46. The van der Waals surface area contributed by atoms with Crippen molar-refractivity contribution in [3.63, 3.8) is 0 Å². The van der Waals surface area contributed by atoms with E-state index in [2.05, 4.69) is 51.0 Å². The van der Waals surface area contributed by atoms with Gasteiger partial charge >= 0.3 is 6.09 Å². The molecule has 1 amide bonds. The van der Waals surface area contributed by atoms with Crippen LogP contribution in [0.3, 0.4) is 0 Å². The molecule has 0 radical (unpaired) electrons. The van der Waals surface area contributed by atoms with Crippen molar-refractivity contribution < 1.29 is 9.53 Å². The van der Waals surface area contributed by atoms with Crippen LogP contribution < -0.4 is 0 Å². The molecular weight excluding hydrogens is 416 g/mol. The summed E-state index contributed by atoms with van der Waals surface area (Å²) in [5.74, 6) is 0. The number of aromatic nitrogens is 1. The zero-order valence-electron chi connectivity index (χ0n) is 17.2. The molecule has 0 unspecified atom stereocenters. The molecule has 0 atom stereocenters. The Balaban J connectivity index is 1.36. The molecule has 2 aliphatic rings. The van der Waals surface area contributed by atoms with Crippen molar-refractivity contribution in [2.24, 2.45) is 5.41 Å². The first kappa shape index (κ1) is 19.8. The summed E-state index contributed by atoms with van der Waals surface area (Å²) in [5.41, 5.74) is 1.34. The van der Waals surface area contributed by atoms with Crippen LogP contribution in [0.2, 0.25) is 0 Å². The van der Waals surface area contributed by atoms with Crippen LogP contribution in [-0.2, 0) is 4.74 Å². The molecule has 2 aromatic rings. The minimum absolute atomic E-state index is 0.152. The van der Waals surface area contributed by atoms with Gasteiger partial charge in [0.15, 0.2) is 0 Å². The number of piperidine rings is 1. The van der Waals surface area contributed by atoms with Crippen molar-refractivity contribution in [2.75, 3.05) is 13.1 Å². The number of hydrogen-bond acceptors (Lipinski definition) is 2. The Hall–Kier alpha value is -1.49. The van der Waals surface area contributed by atoms with Crippen LogP contribution in [0.15, 0.2) is 34.9 Å². The van der Waals surface area contributed by atoms with Crippen molar-refractivity contribution in [3.05, 3.63) is 34.9 Å². The molecule has 0 N–H and O–H groups in total. The molecule has 4 rings (SSSR count). The molecule has 152 valence electrons. The lowest BCUT2D eigenvalue weighted by Crippen LogP contribution is -2.46. The molecule has 1 saturated heterocycles. The molecule has 2 fully saturated rings.